The average Bonchev–Trinajstić information content (AvgIpc) is 3.42. The molecular weight excluding hydrogens is 562 g/mol. The molecule has 0 N–H and O–H groups in total. The van der Waals surface area contributed by atoms with Crippen molar-refractivity contribution in [1.29, 1.82) is 0 Å². The van der Waals surface area contributed by atoms with Crippen LogP contribution in [0.25, 0.3) is 10.2 Å². The normalized spacial score (nSPS) is 14.5. The van der Waals surface area contributed by atoms with Gasteiger partial charge in [0, 0.05) is 44.8 Å². The summed E-state index contributed by atoms with van der Waals surface area (Å²) in [6, 6.07) is 10.2. The SMILES string of the molecule is CCOC(=O)N1CCN(S(=O)(=O)c2ccc(C(=O)N(CCN(CC)CC)c3nc4c(C)c(C)ccc4s3)cc2)CC1. The lowest BCUT2D eigenvalue weighted by Crippen LogP contribution is -2.50. The van der Waals surface area contributed by atoms with Crippen molar-refractivity contribution in [2.75, 3.05) is 63.9 Å². The Morgan fingerprint density at radius 2 is 1.61 bits per heavy atom. The summed E-state index contributed by atoms with van der Waals surface area (Å²) >= 11 is 1.49. The van der Waals surface area contributed by atoms with Gasteiger partial charge >= 0.3 is 6.09 Å². The van der Waals surface area contributed by atoms with Gasteiger partial charge < -0.3 is 14.5 Å². The summed E-state index contributed by atoms with van der Waals surface area (Å²) in [4.78, 5) is 36.3. The summed E-state index contributed by atoms with van der Waals surface area (Å²) in [7, 11) is -3.78. The summed E-state index contributed by atoms with van der Waals surface area (Å²) in [6.45, 7) is 14.1. The van der Waals surface area contributed by atoms with Crippen LogP contribution in [0.15, 0.2) is 41.3 Å². The minimum absolute atomic E-state index is 0.111. The molecule has 1 aliphatic rings. The van der Waals surface area contributed by atoms with Gasteiger partial charge in [-0.3, -0.25) is 9.69 Å². The third-order valence-electron chi connectivity index (χ3n) is 7.59. The summed E-state index contributed by atoms with van der Waals surface area (Å²) in [5.41, 5.74) is 3.53. The number of nitrogens with zero attached hydrogens (tertiary/aromatic N) is 5. The zero-order chi connectivity index (χ0) is 29.7. The van der Waals surface area contributed by atoms with Crippen molar-refractivity contribution in [3.05, 3.63) is 53.1 Å². The number of aromatic nitrogens is 1. The Labute approximate surface area is 246 Å². The number of aryl methyl sites for hydroxylation is 2. The summed E-state index contributed by atoms with van der Waals surface area (Å²) in [5, 5.41) is 0.627. The van der Waals surface area contributed by atoms with E-state index in [-0.39, 0.29) is 43.6 Å². The minimum Gasteiger partial charge on any atom is -0.450 e. The smallest absolute Gasteiger partial charge is 0.409 e. The Morgan fingerprint density at radius 1 is 0.951 bits per heavy atom. The molecule has 0 atom stereocenters. The van der Waals surface area contributed by atoms with Gasteiger partial charge in [0.25, 0.3) is 5.91 Å². The zero-order valence-electron chi connectivity index (χ0n) is 24.4. The van der Waals surface area contributed by atoms with Crippen LogP contribution in [0.3, 0.4) is 0 Å². The molecule has 0 aliphatic carbocycles. The Balaban J connectivity index is 1.55. The maximum Gasteiger partial charge on any atom is 0.409 e. The van der Waals surface area contributed by atoms with Crippen LogP contribution in [0, 0.1) is 13.8 Å². The van der Waals surface area contributed by atoms with E-state index >= 15 is 0 Å². The van der Waals surface area contributed by atoms with Gasteiger partial charge in [0.05, 0.1) is 21.7 Å². The van der Waals surface area contributed by atoms with Crippen molar-refractivity contribution in [3.63, 3.8) is 0 Å². The first-order valence-electron chi connectivity index (χ1n) is 14.0. The first-order valence-corrected chi connectivity index (χ1v) is 16.3. The molecule has 0 bridgehead atoms. The van der Waals surface area contributed by atoms with Gasteiger partial charge in [-0.1, -0.05) is 31.3 Å². The molecule has 12 heteroatoms. The van der Waals surface area contributed by atoms with Crippen molar-refractivity contribution in [3.8, 4) is 0 Å². The molecule has 2 aromatic carbocycles. The third kappa shape index (κ3) is 6.72. The molecule has 0 spiro atoms. The number of carbonyl (C=O) groups excluding carboxylic acids is 2. The second kappa shape index (κ2) is 13.3. The van der Waals surface area contributed by atoms with Gasteiger partial charge in [0.15, 0.2) is 5.13 Å². The number of sulfonamides is 1. The second-order valence-corrected chi connectivity index (χ2v) is 12.9. The van der Waals surface area contributed by atoms with Gasteiger partial charge in [-0.25, -0.2) is 18.2 Å². The van der Waals surface area contributed by atoms with Gasteiger partial charge in [-0.15, -0.1) is 0 Å². The highest BCUT2D eigenvalue weighted by Crippen LogP contribution is 2.33. The molecule has 41 heavy (non-hydrogen) atoms. The Morgan fingerprint density at radius 3 is 2.22 bits per heavy atom. The first kappa shape index (κ1) is 30.9. The van der Waals surface area contributed by atoms with Crippen LogP contribution in [0.4, 0.5) is 9.93 Å². The monoisotopic (exact) mass is 601 g/mol. The average molecular weight is 602 g/mol. The summed E-state index contributed by atoms with van der Waals surface area (Å²) in [5.74, 6) is -0.224. The fourth-order valence-corrected chi connectivity index (χ4v) is 7.27. The van der Waals surface area contributed by atoms with Crippen molar-refractivity contribution < 1.29 is 22.7 Å². The van der Waals surface area contributed by atoms with E-state index in [4.69, 9.17) is 9.72 Å². The van der Waals surface area contributed by atoms with Crippen LogP contribution in [-0.4, -0.2) is 98.5 Å². The molecule has 0 saturated carbocycles. The fraction of sp³-hybridized carbons (Fsp3) is 0.483. The molecular formula is C29H39N5O5S2. The van der Waals surface area contributed by atoms with Crippen LogP contribution in [-0.2, 0) is 14.8 Å². The topological polar surface area (TPSA) is 103 Å². The van der Waals surface area contributed by atoms with Crippen molar-refractivity contribution in [2.45, 2.75) is 39.5 Å². The van der Waals surface area contributed by atoms with E-state index in [9.17, 15) is 18.0 Å². The van der Waals surface area contributed by atoms with Crippen molar-refractivity contribution in [2.24, 2.45) is 0 Å². The zero-order valence-corrected chi connectivity index (χ0v) is 26.1. The fourth-order valence-electron chi connectivity index (χ4n) is 4.80. The highest BCUT2D eigenvalue weighted by molar-refractivity contribution is 7.89. The lowest BCUT2D eigenvalue weighted by Gasteiger charge is -2.33. The first-order chi connectivity index (χ1) is 19.6. The van der Waals surface area contributed by atoms with Crippen molar-refractivity contribution in [1.82, 2.24) is 19.1 Å². The number of likely N-dealkylation sites (N-methyl/N-ethyl adjacent to an activating group) is 1. The number of anilines is 1. The number of hydrogen-bond acceptors (Lipinski definition) is 8. The largest absolute Gasteiger partial charge is 0.450 e. The predicted molar refractivity (Wildman–Crippen MR) is 162 cm³/mol. The number of rotatable bonds is 10. The Hall–Kier alpha value is -3.06. The lowest BCUT2D eigenvalue weighted by molar-refractivity contribution is 0.0933. The standard InChI is InChI=1S/C29H39N5O5S2/c1-6-31(7-2)15-20-34(28-30-26-22(5)21(4)9-14-25(26)40-28)27(35)23-10-12-24(13-11-23)41(37,38)33-18-16-32(17-19-33)29(36)39-8-3/h9-14H,6-8,15-20H2,1-5H3. The summed E-state index contributed by atoms with van der Waals surface area (Å²) in [6.07, 6.45) is -0.434. The van der Waals surface area contributed by atoms with Crippen LogP contribution in [0.1, 0.15) is 42.3 Å². The van der Waals surface area contributed by atoms with Gasteiger partial charge in [0.1, 0.15) is 0 Å². The van der Waals surface area contributed by atoms with E-state index in [2.05, 4.69) is 24.8 Å². The number of fused-ring (bicyclic) bond motifs is 1. The highest BCUT2D eigenvalue weighted by Gasteiger charge is 2.31. The van der Waals surface area contributed by atoms with Crippen LogP contribution in [0.2, 0.25) is 0 Å². The number of thiazole rings is 1. The molecule has 4 rings (SSSR count). The molecule has 1 fully saturated rings. The molecule has 1 saturated heterocycles. The molecule has 1 aliphatic heterocycles. The minimum atomic E-state index is -3.78. The van der Waals surface area contributed by atoms with Crippen LogP contribution >= 0.6 is 11.3 Å². The number of benzene rings is 2. The number of piperazine rings is 1. The van der Waals surface area contributed by atoms with Crippen LogP contribution < -0.4 is 4.90 Å². The maximum atomic E-state index is 13.8. The maximum absolute atomic E-state index is 13.8. The Kier molecular flexibility index (Phi) is 10.0. The third-order valence-corrected chi connectivity index (χ3v) is 10.5. The number of ether oxygens (including phenoxy) is 1. The van der Waals surface area contributed by atoms with Gasteiger partial charge in [-0.05, 0) is 75.3 Å². The quantitative estimate of drug-likeness (QED) is 0.340. The van der Waals surface area contributed by atoms with E-state index in [1.54, 1.807) is 24.0 Å². The number of carbonyl (C=O) groups is 2. The second-order valence-electron chi connectivity index (χ2n) is 9.95. The van der Waals surface area contributed by atoms with Gasteiger partial charge in [-0.2, -0.15) is 4.31 Å². The van der Waals surface area contributed by atoms with Crippen LogP contribution in [0.5, 0.6) is 0 Å². The molecule has 2 amide bonds. The van der Waals surface area contributed by atoms with E-state index in [1.807, 2.05) is 19.9 Å². The Bertz CT molecular complexity index is 1480. The molecule has 3 aromatic rings. The van der Waals surface area contributed by atoms with E-state index in [0.29, 0.717) is 23.8 Å². The summed E-state index contributed by atoms with van der Waals surface area (Å²) < 4.78 is 34.0. The lowest BCUT2D eigenvalue weighted by atomic mass is 10.1. The molecule has 2 heterocycles. The molecule has 0 radical (unpaired) electrons. The molecule has 222 valence electrons. The number of hydrogen-bond donors (Lipinski definition) is 0. The molecule has 1 aromatic heterocycles. The van der Waals surface area contributed by atoms with E-state index in [1.165, 1.54) is 32.7 Å². The highest BCUT2D eigenvalue weighted by atomic mass is 32.2. The molecule has 10 nitrogen and oxygen atoms in total. The van der Waals surface area contributed by atoms with E-state index < -0.39 is 16.1 Å². The van der Waals surface area contributed by atoms with E-state index in [0.717, 1.165) is 34.4 Å². The van der Waals surface area contributed by atoms with Gasteiger partial charge in [0.2, 0.25) is 10.0 Å². The predicted octanol–water partition coefficient (Wildman–Crippen LogP) is 4.36. The van der Waals surface area contributed by atoms with Crippen molar-refractivity contribution >= 4 is 48.7 Å². The molecule has 0 unspecified atom stereocenters. The number of amides is 2.